The Hall–Kier alpha value is -2.29. The van der Waals surface area contributed by atoms with Gasteiger partial charge in [-0.2, -0.15) is 0 Å². The molecule has 34 heavy (non-hydrogen) atoms. The monoisotopic (exact) mass is 527 g/mol. The van der Waals surface area contributed by atoms with Gasteiger partial charge in [-0.25, -0.2) is 8.42 Å². The van der Waals surface area contributed by atoms with Gasteiger partial charge in [-0.1, -0.05) is 47.5 Å². The van der Waals surface area contributed by atoms with Gasteiger partial charge in [-0.15, -0.1) is 0 Å². The lowest BCUT2D eigenvalue weighted by atomic mass is 10.1. The smallest absolute Gasteiger partial charge is 0.242 e. The van der Waals surface area contributed by atoms with Crippen LogP contribution >= 0.6 is 23.2 Å². The summed E-state index contributed by atoms with van der Waals surface area (Å²) in [6.45, 7) is 5.62. The molecule has 1 N–H and O–H groups in total. The molecule has 2 amide bonds. The Labute approximate surface area is 212 Å². The zero-order valence-electron chi connectivity index (χ0n) is 19.8. The number of sulfonamides is 1. The number of halogens is 2. The maximum Gasteiger partial charge on any atom is 0.242 e. The number of carbonyl (C=O) groups excluding carboxylic acids is 2. The second-order valence-electron chi connectivity index (χ2n) is 8.37. The minimum absolute atomic E-state index is 0.0519. The highest BCUT2D eigenvalue weighted by molar-refractivity contribution is 7.92. The van der Waals surface area contributed by atoms with Crippen LogP contribution in [0.5, 0.6) is 0 Å². The lowest BCUT2D eigenvalue weighted by Crippen LogP contribution is -2.49. The highest BCUT2D eigenvalue weighted by Gasteiger charge is 2.27. The standard InChI is InChI=1S/C24H31Cl2N3O4S/c1-17(2)27-24(31)18(3)28(16-19-9-5-6-12-22(19)26)23(30)13-8-14-29(34(4,32)33)21-11-7-10-20(25)15-21/h5-7,9-12,15,17-18H,8,13-14,16H2,1-4H3,(H,27,31)/t18-/m1/s1. The van der Waals surface area contributed by atoms with Gasteiger partial charge in [0, 0.05) is 35.6 Å². The van der Waals surface area contributed by atoms with E-state index in [2.05, 4.69) is 5.32 Å². The van der Waals surface area contributed by atoms with Crippen molar-refractivity contribution in [3.8, 4) is 0 Å². The maximum atomic E-state index is 13.2. The Balaban J connectivity index is 2.18. The molecule has 0 bridgehead atoms. The fourth-order valence-electron chi connectivity index (χ4n) is 3.43. The average molecular weight is 529 g/mol. The van der Waals surface area contributed by atoms with Crippen LogP contribution in [0.2, 0.25) is 10.0 Å². The maximum absolute atomic E-state index is 13.2. The first-order valence-electron chi connectivity index (χ1n) is 11.0. The number of nitrogens with zero attached hydrogens (tertiary/aromatic N) is 2. The zero-order chi connectivity index (χ0) is 25.5. The normalized spacial score (nSPS) is 12.3. The van der Waals surface area contributed by atoms with Crippen molar-refractivity contribution < 1.29 is 18.0 Å². The van der Waals surface area contributed by atoms with E-state index >= 15 is 0 Å². The van der Waals surface area contributed by atoms with Crippen molar-refractivity contribution in [3.63, 3.8) is 0 Å². The summed E-state index contributed by atoms with van der Waals surface area (Å²) >= 11 is 12.3. The second-order valence-corrected chi connectivity index (χ2v) is 11.1. The molecule has 186 valence electrons. The summed E-state index contributed by atoms with van der Waals surface area (Å²) in [5, 5.41) is 3.75. The van der Waals surface area contributed by atoms with Crippen molar-refractivity contribution in [2.75, 3.05) is 17.1 Å². The Bertz CT molecular complexity index is 1110. The van der Waals surface area contributed by atoms with Crippen molar-refractivity contribution in [2.24, 2.45) is 0 Å². The molecule has 0 heterocycles. The number of hydrogen-bond acceptors (Lipinski definition) is 4. The highest BCUT2D eigenvalue weighted by atomic mass is 35.5. The van der Waals surface area contributed by atoms with Gasteiger partial charge in [0.05, 0.1) is 11.9 Å². The van der Waals surface area contributed by atoms with Crippen molar-refractivity contribution >= 4 is 50.7 Å². The number of rotatable bonds is 11. The van der Waals surface area contributed by atoms with Crippen molar-refractivity contribution in [3.05, 3.63) is 64.1 Å². The average Bonchev–Trinajstić information content (AvgIpc) is 2.74. The van der Waals surface area contributed by atoms with Gasteiger partial charge in [-0.3, -0.25) is 13.9 Å². The molecule has 2 aromatic carbocycles. The van der Waals surface area contributed by atoms with Gasteiger partial charge in [0.15, 0.2) is 0 Å². The third kappa shape index (κ3) is 8.18. The molecular weight excluding hydrogens is 497 g/mol. The summed E-state index contributed by atoms with van der Waals surface area (Å²) < 4.78 is 25.9. The summed E-state index contributed by atoms with van der Waals surface area (Å²) in [6.07, 6.45) is 1.42. The molecule has 0 aliphatic rings. The van der Waals surface area contributed by atoms with E-state index in [1.807, 2.05) is 19.9 Å². The van der Waals surface area contributed by atoms with Crippen LogP contribution in [0, 0.1) is 0 Å². The van der Waals surface area contributed by atoms with E-state index in [1.54, 1.807) is 49.4 Å². The fourth-order valence-corrected chi connectivity index (χ4v) is 4.77. The third-order valence-corrected chi connectivity index (χ3v) is 6.94. The summed E-state index contributed by atoms with van der Waals surface area (Å²) in [7, 11) is -3.58. The molecule has 1 atom stereocenters. The lowest BCUT2D eigenvalue weighted by molar-refractivity contribution is -0.140. The molecule has 2 rings (SSSR count). The largest absolute Gasteiger partial charge is 0.352 e. The Kier molecular flexibility index (Phi) is 10.2. The van der Waals surface area contributed by atoms with Gasteiger partial charge in [0.1, 0.15) is 6.04 Å². The minimum Gasteiger partial charge on any atom is -0.352 e. The number of carbonyl (C=O) groups is 2. The van der Waals surface area contributed by atoms with Crippen molar-refractivity contribution in [1.29, 1.82) is 0 Å². The van der Waals surface area contributed by atoms with Gasteiger partial charge in [0.2, 0.25) is 21.8 Å². The number of amides is 2. The Morgan fingerprint density at radius 1 is 1.03 bits per heavy atom. The zero-order valence-corrected chi connectivity index (χ0v) is 22.1. The molecule has 0 saturated carbocycles. The molecule has 0 saturated heterocycles. The number of hydrogen-bond donors (Lipinski definition) is 1. The van der Waals surface area contributed by atoms with E-state index < -0.39 is 16.1 Å². The lowest BCUT2D eigenvalue weighted by Gasteiger charge is -2.30. The molecule has 0 radical (unpaired) electrons. The van der Waals surface area contributed by atoms with E-state index in [-0.39, 0.29) is 43.8 Å². The fraction of sp³-hybridized carbons (Fsp3) is 0.417. The molecule has 0 unspecified atom stereocenters. The molecule has 2 aromatic rings. The van der Waals surface area contributed by atoms with Crippen molar-refractivity contribution in [1.82, 2.24) is 10.2 Å². The van der Waals surface area contributed by atoms with E-state index in [0.29, 0.717) is 15.7 Å². The Morgan fingerprint density at radius 3 is 2.29 bits per heavy atom. The molecule has 10 heteroatoms. The Morgan fingerprint density at radius 2 is 1.71 bits per heavy atom. The molecule has 0 aromatic heterocycles. The molecule has 0 aliphatic carbocycles. The summed E-state index contributed by atoms with van der Waals surface area (Å²) in [5.41, 5.74) is 1.15. The predicted molar refractivity (Wildman–Crippen MR) is 138 cm³/mol. The SMILES string of the molecule is CC(C)NC(=O)[C@@H](C)N(Cc1ccccc1Cl)C(=O)CCCN(c1cccc(Cl)c1)S(C)(=O)=O. The topological polar surface area (TPSA) is 86.8 Å². The molecular formula is C24H31Cl2N3O4S. The van der Waals surface area contributed by atoms with E-state index in [4.69, 9.17) is 23.2 Å². The number of nitrogens with one attached hydrogen (secondary N) is 1. The van der Waals surface area contributed by atoms with Gasteiger partial charge < -0.3 is 10.2 Å². The van der Waals surface area contributed by atoms with E-state index in [9.17, 15) is 18.0 Å². The second kappa shape index (κ2) is 12.4. The van der Waals surface area contributed by atoms with Crippen LogP contribution < -0.4 is 9.62 Å². The quantitative estimate of drug-likeness (QED) is 0.466. The third-order valence-electron chi connectivity index (χ3n) is 5.15. The number of benzene rings is 2. The first-order valence-corrected chi connectivity index (χ1v) is 13.6. The van der Waals surface area contributed by atoms with Crippen LogP contribution in [0.15, 0.2) is 48.5 Å². The summed E-state index contributed by atoms with van der Waals surface area (Å²) in [6, 6.07) is 12.9. The van der Waals surface area contributed by atoms with Crippen molar-refractivity contribution in [2.45, 2.75) is 52.2 Å². The minimum atomic E-state index is -3.58. The molecule has 7 nitrogen and oxygen atoms in total. The van der Waals surface area contributed by atoms with Gasteiger partial charge >= 0.3 is 0 Å². The first kappa shape index (κ1) is 28.0. The van der Waals surface area contributed by atoms with Crippen LogP contribution in [0.4, 0.5) is 5.69 Å². The first-order chi connectivity index (χ1) is 15.9. The van der Waals surface area contributed by atoms with Crippen LogP contribution in [-0.4, -0.2) is 50.0 Å². The predicted octanol–water partition coefficient (Wildman–Crippen LogP) is 4.48. The highest BCUT2D eigenvalue weighted by Crippen LogP contribution is 2.23. The molecule has 0 aliphatic heterocycles. The van der Waals surface area contributed by atoms with Crippen LogP contribution in [-0.2, 0) is 26.2 Å². The van der Waals surface area contributed by atoms with Crippen LogP contribution in [0.25, 0.3) is 0 Å². The van der Waals surface area contributed by atoms with Crippen LogP contribution in [0.3, 0.4) is 0 Å². The van der Waals surface area contributed by atoms with E-state index in [0.717, 1.165) is 11.8 Å². The van der Waals surface area contributed by atoms with Gasteiger partial charge in [0.25, 0.3) is 0 Å². The van der Waals surface area contributed by atoms with Gasteiger partial charge in [-0.05, 0) is 57.0 Å². The molecule has 0 spiro atoms. The number of anilines is 1. The summed E-state index contributed by atoms with van der Waals surface area (Å²) in [4.78, 5) is 27.4. The van der Waals surface area contributed by atoms with Crippen LogP contribution in [0.1, 0.15) is 39.2 Å². The summed E-state index contributed by atoms with van der Waals surface area (Å²) in [5.74, 6) is -0.544. The van der Waals surface area contributed by atoms with E-state index in [1.165, 1.54) is 9.21 Å². The molecule has 0 fully saturated rings.